The standard InChI is InChI=1S/C16H18N2O4/c1-16(2,18-9-3-4-10-18)15(22)17-13(14(20)21)11-5-7-12(19)8-6-11/h3-10,13,19H,1-2H3,(H,17,22)(H,20,21)/t13-/m1/s1. The van der Waals surface area contributed by atoms with Crippen molar-refractivity contribution in [1.29, 1.82) is 0 Å². The van der Waals surface area contributed by atoms with Crippen LogP contribution in [-0.2, 0) is 15.1 Å². The number of carbonyl (C=O) groups is 2. The maximum Gasteiger partial charge on any atom is 0.330 e. The van der Waals surface area contributed by atoms with Crippen molar-refractivity contribution >= 4 is 11.9 Å². The van der Waals surface area contributed by atoms with E-state index in [1.54, 1.807) is 42.9 Å². The predicted octanol–water partition coefficient (Wildman–Crippen LogP) is 1.87. The Morgan fingerprint density at radius 1 is 1.14 bits per heavy atom. The molecular formula is C16H18N2O4. The van der Waals surface area contributed by atoms with Gasteiger partial charge in [-0.2, -0.15) is 0 Å². The number of carboxylic acids is 1. The van der Waals surface area contributed by atoms with Crippen molar-refractivity contribution in [3.05, 3.63) is 54.4 Å². The van der Waals surface area contributed by atoms with Gasteiger partial charge in [0.2, 0.25) is 5.91 Å². The second-order valence-corrected chi connectivity index (χ2v) is 5.49. The first-order chi connectivity index (χ1) is 10.3. The first-order valence-electron chi connectivity index (χ1n) is 6.78. The number of nitrogens with one attached hydrogen (secondary N) is 1. The fraction of sp³-hybridized carbons (Fsp3) is 0.250. The normalized spacial score (nSPS) is 12.6. The van der Waals surface area contributed by atoms with E-state index in [9.17, 15) is 19.8 Å². The first kappa shape index (κ1) is 15.6. The van der Waals surface area contributed by atoms with E-state index in [-0.39, 0.29) is 5.75 Å². The molecule has 0 unspecified atom stereocenters. The number of aromatic nitrogens is 1. The summed E-state index contributed by atoms with van der Waals surface area (Å²) in [7, 11) is 0. The minimum atomic E-state index is -1.18. The summed E-state index contributed by atoms with van der Waals surface area (Å²) in [6.45, 7) is 3.41. The average Bonchev–Trinajstić information content (AvgIpc) is 3.00. The molecule has 1 aromatic heterocycles. The topological polar surface area (TPSA) is 91.6 Å². The van der Waals surface area contributed by atoms with E-state index < -0.39 is 23.5 Å². The van der Waals surface area contributed by atoms with Crippen molar-refractivity contribution in [3.63, 3.8) is 0 Å². The van der Waals surface area contributed by atoms with Crippen molar-refractivity contribution in [2.45, 2.75) is 25.4 Å². The third-order valence-electron chi connectivity index (χ3n) is 3.55. The third-order valence-corrected chi connectivity index (χ3v) is 3.55. The summed E-state index contributed by atoms with van der Waals surface area (Å²) in [6, 6.07) is 8.12. The Morgan fingerprint density at radius 3 is 2.18 bits per heavy atom. The largest absolute Gasteiger partial charge is 0.508 e. The number of aliphatic carboxylic acids is 1. The number of hydrogen-bond acceptors (Lipinski definition) is 3. The van der Waals surface area contributed by atoms with Crippen LogP contribution in [0.5, 0.6) is 5.75 Å². The number of aromatic hydroxyl groups is 1. The van der Waals surface area contributed by atoms with Crippen LogP contribution >= 0.6 is 0 Å². The van der Waals surface area contributed by atoms with Crippen LogP contribution in [0.1, 0.15) is 25.5 Å². The lowest BCUT2D eigenvalue weighted by atomic mass is 10.0. The molecule has 116 valence electrons. The molecule has 6 heteroatoms. The van der Waals surface area contributed by atoms with Gasteiger partial charge in [-0.1, -0.05) is 12.1 Å². The van der Waals surface area contributed by atoms with Gasteiger partial charge < -0.3 is 20.1 Å². The maximum absolute atomic E-state index is 12.5. The van der Waals surface area contributed by atoms with Crippen LogP contribution in [0.4, 0.5) is 0 Å². The summed E-state index contributed by atoms with van der Waals surface area (Å²) < 4.78 is 1.71. The summed E-state index contributed by atoms with van der Waals surface area (Å²) in [5.74, 6) is -1.54. The maximum atomic E-state index is 12.5. The van der Waals surface area contributed by atoms with Gasteiger partial charge in [0.15, 0.2) is 6.04 Å². The third kappa shape index (κ3) is 3.11. The summed E-state index contributed by atoms with van der Waals surface area (Å²) in [5.41, 5.74) is -0.532. The number of benzene rings is 1. The zero-order valence-corrected chi connectivity index (χ0v) is 12.4. The van der Waals surface area contributed by atoms with Crippen molar-refractivity contribution < 1.29 is 19.8 Å². The number of carbonyl (C=O) groups excluding carboxylic acids is 1. The zero-order valence-electron chi connectivity index (χ0n) is 12.4. The highest BCUT2D eigenvalue weighted by Crippen LogP contribution is 2.21. The Bertz CT molecular complexity index is 660. The number of hydrogen-bond donors (Lipinski definition) is 3. The second-order valence-electron chi connectivity index (χ2n) is 5.49. The van der Waals surface area contributed by atoms with Crippen molar-refractivity contribution in [2.75, 3.05) is 0 Å². The predicted molar refractivity (Wildman–Crippen MR) is 80.4 cm³/mol. The van der Waals surface area contributed by atoms with E-state index in [0.717, 1.165) is 0 Å². The molecule has 2 rings (SSSR count). The van der Waals surface area contributed by atoms with Gasteiger partial charge in [0, 0.05) is 12.4 Å². The molecule has 0 fully saturated rings. The molecule has 0 saturated heterocycles. The summed E-state index contributed by atoms with van der Waals surface area (Å²) in [4.78, 5) is 23.9. The quantitative estimate of drug-likeness (QED) is 0.786. The highest BCUT2D eigenvalue weighted by Gasteiger charge is 2.33. The molecule has 0 spiro atoms. The van der Waals surface area contributed by atoms with E-state index in [2.05, 4.69) is 5.32 Å². The van der Waals surface area contributed by atoms with Crippen molar-refractivity contribution in [2.24, 2.45) is 0 Å². The van der Waals surface area contributed by atoms with E-state index in [0.29, 0.717) is 5.56 Å². The van der Waals surface area contributed by atoms with E-state index in [1.165, 1.54) is 24.3 Å². The molecule has 1 atom stereocenters. The fourth-order valence-electron chi connectivity index (χ4n) is 2.09. The van der Waals surface area contributed by atoms with E-state index in [1.807, 2.05) is 0 Å². The van der Waals surface area contributed by atoms with Gasteiger partial charge >= 0.3 is 5.97 Å². The number of rotatable bonds is 5. The zero-order chi connectivity index (χ0) is 16.3. The molecule has 1 amide bonds. The van der Waals surface area contributed by atoms with Gasteiger partial charge in [-0.3, -0.25) is 4.79 Å². The van der Waals surface area contributed by atoms with Crippen LogP contribution in [0.3, 0.4) is 0 Å². The van der Waals surface area contributed by atoms with Crippen molar-refractivity contribution in [1.82, 2.24) is 9.88 Å². The molecule has 0 bridgehead atoms. The van der Waals surface area contributed by atoms with Gasteiger partial charge in [0.05, 0.1) is 0 Å². The van der Waals surface area contributed by atoms with Crippen LogP contribution in [0.2, 0.25) is 0 Å². The molecule has 22 heavy (non-hydrogen) atoms. The molecular weight excluding hydrogens is 284 g/mol. The number of carboxylic acid groups (broad SMARTS) is 1. The number of phenolic OH excluding ortho intramolecular Hbond substituents is 1. The van der Waals surface area contributed by atoms with Crippen LogP contribution in [-0.4, -0.2) is 26.7 Å². The Hall–Kier alpha value is -2.76. The molecule has 3 N–H and O–H groups in total. The first-order valence-corrected chi connectivity index (χ1v) is 6.78. The molecule has 0 aliphatic heterocycles. The Labute approximate surface area is 128 Å². The lowest BCUT2D eigenvalue weighted by molar-refractivity contribution is -0.143. The highest BCUT2D eigenvalue weighted by molar-refractivity contribution is 5.88. The van der Waals surface area contributed by atoms with Gasteiger partial charge in [0.25, 0.3) is 0 Å². The molecule has 0 saturated carbocycles. The molecule has 2 aromatic rings. The highest BCUT2D eigenvalue weighted by atomic mass is 16.4. The Balaban J connectivity index is 2.23. The number of phenols is 1. The Kier molecular flexibility index (Phi) is 4.21. The Morgan fingerprint density at radius 2 is 1.68 bits per heavy atom. The van der Waals surface area contributed by atoms with Crippen LogP contribution in [0, 0.1) is 0 Å². The van der Waals surface area contributed by atoms with Crippen LogP contribution < -0.4 is 5.32 Å². The molecule has 0 aliphatic rings. The van der Waals surface area contributed by atoms with Crippen LogP contribution in [0.15, 0.2) is 48.8 Å². The second kappa shape index (κ2) is 5.93. The molecule has 1 aromatic carbocycles. The minimum Gasteiger partial charge on any atom is -0.508 e. The number of amides is 1. The number of nitrogens with zero attached hydrogens (tertiary/aromatic N) is 1. The van der Waals surface area contributed by atoms with E-state index >= 15 is 0 Å². The lowest BCUT2D eigenvalue weighted by Crippen LogP contribution is -2.46. The van der Waals surface area contributed by atoms with Gasteiger partial charge in [-0.05, 0) is 43.7 Å². The fourth-order valence-corrected chi connectivity index (χ4v) is 2.09. The van der Waals surface area contributed by atoms with Crippen molar-refractivity contribution in [3.8, 4) is 5.75 Å². The van der Waals surface area contributed by atoms with Crippen LogP contribution in [0.25, 0.3) is 0 Å². The van der Waals surface area contributed by atoms with Gasteiger partial charge in [-0.25, -0.2) is 4.79 Å². The SMILES string of the molecule is CC(C)(C(=O)N[C@@H](C(=O)O)c1ccc(O)cc1)n1cccc1. The molecule has 6 nitrogen and oxygen atoms in total. The summed E-state index contributed by atoms with van der Waals surface area (Å²) in [6.07, 6.45) is 3.49. The smallest absolute Gasteiger partial charge is 0.330 e. The summed E-state index contributed by atoms with van der Waals surface area (Å²) in [5, 5.41) is 21.2. The summed E-state index contributed by atoms with van der Waals surface area (Å²) >= 11 is 0. The minimum absolute atomic E-state index is 0.0342. The average molecular weight is 302 g/mol. The monoisotopic (exact) mass is 302 g/mol. The van der Waals surface area contributed by atoms with Gasteiger partial charge in [-0.15, -0.1) is 0 Å². The molecule has 1 heterocycles. The lowest BCUT2D eigenvalue weighted by Gasteiger charge is -2.27. The molecule has 0 aliphatic carbocycles. The van der Waals surface area contributed by atoms with Gasteiger partial charge in [0.1, 0.15) is 11.3 Å². The van der Waals surface area contributed by atoms with E-state index in [4.69, 9.17) is 0 Å². The molecule has 0 radical (unpaired) electrons.